The molecule has 0 unspecified atom stereocenters. The quantitative estimate of drug-likeness (QED) is 0.797. The SMILES string of the molecule is CCCc1ccccc1NCc1cn(CCO)nn1. The number of benzene rings is 1. The number of hydrogen-bond donors (Lipinski definition) is 2. The van der Waals surface area contributed by atoms with Crippen molar-refractivity contribution in [1.29, 1.82) is 0 Å². The summed E-state index contributed by atoms with van der Waals surface area (Å²) in [6.07, 6.45) is 4.05. The Morgan fingerprint density at radius 1 is 1.32 bits per heavy atom. The molecule has 102 valence electrons. The van der Waals surface area contributed by atoms with Gasteiger partial charge in [-0.25, -0.2) is 4.68 Å². The summed E-state index contributed by atoms with van der Waals surface area (Å²) in [5, 5.41) is 20.2. The van der Waals surface area contributed by atoms with Crippen molar-refractivity contribution >= 4 is 5.69 Å². The first kappa shape index (κ1) is 13.5. The molecule has 1 aromatic heterocycles. The molecule has 0 aliphatic carbocycles. The lowest BCUT2D eigenvalue weighted by molar-refractivity contribution is 0.268. The van der Waals surface area contributed by atoms with E-state index in [0.717, 1.165) is 24.2 Å². The highest BCUT2D eigenvalue weighted by Crippen LogP contribution is 2.17. The van der Waals surface area contributed by atoms with E-state index in [4.69, 9.17) is 5.11 Å². The molecule has 0 amide bonds. The summed E-state index contributed by atoms with van der Waals surface area (Å²) in [6, 6.07) is 8.33. The highest BCUT2D eigenvalue weighted by atomic mass is 16.3. The molecule has 1 aromatic carbocycles. The maximum absolute atomic E-state index is 8.83. The summed E-state index contributed by atoms with van der Waals surface area (Å²) in [6.45, 7) is 3.39. The van der Waals surface area contributed by atoms with E-state index in [1.165, 1.54) is 5.56 Å². The van der Waals surface area contributed by atoms with E-state index in [2.05, 4.69) is 40.8 Å². The predicted molar refractivity (Wildman–Crippen MR) is 74.9 cm³/mol. The van der Waals surface area contributed by atoms with Crippen molar-refractivity contribution in [2.75, 3.05) is 11.9 Å². The van der Waals surface area contributed by atoms with Crippen molar-refractivity contribution in [2.24, 2.45) is 0 Å². The van der Waals surface area contributed by atoms with Gasteiger partial charge in [0.25, 0.3) is 0 Å². The summed E-state index contributed by atoms with van der Waals surface area (Å²) in [5.41, 5.74) is 3.36. The molecular weight excluding hydrogens is 240 g/mol. The topological polar surface area (TPSA) is 63.0 Å². The smallest absolute Gasteiger partial charge is 0.102 e. The molecule has 0 bridgehead atoms. The van der Waals surface area contributed by atoms with Crippen LogP contribution in [0.4, 0.5) is 5.69 Å². The van der Waals surface area contributed by atoms with Crippen molar-refractivity contribution in [1.82, 2.24) is 15.0 Å². The van der Waals surface area contributed by atoms with Gasteiger partial charge in [-0.2, -0.15) is 0 Å². The molecule has 0 spiro atoms. The minimum absolute atomic E-state index is 0.0789. The second-order valence-electron chi connectivity index (χ2n) is 4.46. The minimum atomic E-state index is 0.0789. The summed E-state index contributed by atoms with van der Waals surface area (Å²) in [4.78, 5) is 0. The number of hydrogen-bond acceptors (Lipinski definition) is 4. The zero-order valence-electron chi connectivity index (χ0n) is 11.2. The van der Waals surface area contributed by atoms with Gasteiger partial charge in [0.1, 0.15) is 5.69 Å². The lowest BCUT2D eigenvalue weighted by Crippen LogP contribution is -2.03. The zero-order valence-corrected chi connectivity index (χ0v) is 11.2. The Morgan fingerprint density at radius 2 is 2.16 bits per heavy atom. The zero-order chi connectivity index (χ0) is 13.5. The predicted octanol–water partition coefficient (Wildman–Crippen LogP) is 1.83. The number of aliphatic hydroxyl groups is 1. The number of aromatic nitrogens is 3. The highest BCUT2D eigenvalue weighted by Gasteiger charge is 2.03. The molecule has 0 atom stereocenters. The average molecular weight is 260 g/mol. The monoisotopic (exact) mass is 260 g/mol. The molecular formula is C14H20N4O. The molecule has 19 heavy (non-hydrogen) atoms. The van der Waals surface area contributed by atoms with Gasteiger partial charge in [0.15, 0.2) is 0 Å². The van der Waals surface area contributed by atoms with Gasteiger partial charge in [-0.15, -0.1) is 5.10 Å². The van der Waals surface area contributed by atoms with Crippen LogP contribution in [-0.4, -0.2) is 26.7 Å². The third-order valence-electron chi connectivity index (χ3n) is 2.91. The summed E-state index contributed by atoms with van der Waals surface area (Å²) >= 11 is 0. The maximum Gasteiger partial charge on any atom is 0.102 e. The lowest BCUT2D eigenvalue weighted by Gasteiger charge is -2.09. The molecule has 2 aromatic rings. The van der Waals surface area contributed by atoms with Crippen molar-refractivity contribution < 1.29 is 5.11 Å². The van der Waals surface area contributed by atoms with E-state index in [1.807, 2.05) is 12.3 Å². The van der Waals surface area contributed by atoms with Crippen LogP contribution in [0.15, 0.2) is 30.5 Å². The van der Waals surface area contributed by atoms with Gasteiger partial charge in [-0.05, 0) is 18.1 Å². The third-order valence-corrected chi connectivity index (χ3v) is 2.91. The van der Waals surface area contributed by atoms with E-state index in [9.17, 15) is 0 Å². The molecule has 0 saturated heterocycles. The first-order valence-corrected chi connectivity index (χ1v) is 6.65. The lowest BCUT2D eigenvalue weighted by atomic mass is 10.1. The van der Waals surface area contributed by atoms with Crippen LogP contribution in [-0.2, 0) is 19.5 Å². The van der Waals surface area contributed by atoms with Crippen molar-refractivity contribution in [2.45, 2.75) is 32.9 Å². The van der Waals surface area contributed by atoms with Crippen LogP contribution >= 0.6 is 0 Å². The molecule has 0 radical (unpaired) electrons. The summed E-state index contributed by atoms with van der Waals surface area (Å²) < 4.78 is 1.65. The fraction of sp³-hybridized carbons (Fsp3) is 0.429. The van der Waals surface area contributed by atoms with E-state index in [-0.39, 0.29) is 6.61 Å². The largest absolute Gasteiger partial charge is 0.394 e. The Labute approximate surface area is 113 Å². The van der Waals surface area contributed by atoms with Gasteiger partial charge < -0.3 is 10.4 Å². The Kier molecular flexibility index (Phi) is 4.92. The van der Waals surface area contributed by atoms with Crippen LogP contribution in [0.5, 0.6) is 0 Å². The molecule has 2 rings (SSSR count). The summed E-state index contributed by atoms with van der Waals surface area (Å²) in [7, 11) is 0. The van der Waals surface area contributed by atoms with Crippen LogP contribution < -0.4 is 5.32 Å². The number of nitrogens with one attached hydrogen (secondary N) is 1. The Morgan fingerprint density at radius 3 is 2.95 bits per heavy atom. The second kappa shape index (κ2) is 6.89. The molecule has 2 N–H and O–H groups in total. The number of anilines is 1. The first-order valence-electron chi connectivity index (χ1n) is 6.65. The van der Waals surface area contributed by atoms with E-state index in [1.54, 1.807) is 4.68 Å². The number of rotatable bonds is 7. The molecule has 5 heteroatoms. The van der Waals surface area contributed by atoms with Crippen molar-refractivity contribution in [3.05, 3.63) is 41.7 Å². The highest BCUT2D eigenvalue weighted by molar-refractivity contribution is 5.51. The van der Waals surface area contributed by atoms with E-state index in [0.29, 0.717) is 13.1 Å². The second-order valence-corrected chi connectivity index (χ2v) is 4.46. The van der Waals surface area contributed by atoms with E-state index >= 15 is 0 Å². The molecule has 0 saturated carbocycles. The van der Waals surface area contributed by atoms with Gasteiger partial charge in [-0.3, -0.25) is 0 Å². The van der Waals surface area contributed by atoms with Gasteiger partial charge in [0.2, 0.25) is 0 Å². The van der Waals surface area contributed by atoms with Crippen LogP contribution in [0, 0.1) is 0 Å². The van der Waals surface area contributed by atoms with Gasteiger partial charge in [0.05, 0.1) is 25.9 Å². The number of nitrogens with zero attached hydrogens (tertiary/aromatic N) is 3. The number of aryl methyl sites for hydroxylation is 1. The Hall–Kier alpha value is -1.88. The van der Waals surface area contributed by atoms with Crippen LogP contribution in [0.1, 0.15) is 24.6 Å². The van der Waals surface area contributed by atoms with Crippen LogP contribution in [0.3, 0.4) is 0 Å². The number of aliphatic hydroxyl groups excluding tert-OH is 1. The van der Waals surface area contributed by atoms with Crippen LogP contribution in [0.2, 0.25) is 0 Å². The molecule has 5 nitrogen and oxygen atoms in total. The maximum atomic E-state index is 8.83. The molecule has 0 fully saturated rings. The van der Waals surface area contributed by atoms with Crippen LogP contribution in [0.25, 0.3) is 0 Å². The minimum Gasteiger partial charge on any atom is -0.394 e. The third kappa shape index (κ3) is 3.79. The van der Waals surface area contributed by atoms with Crippen molar-refractivity contribution in [3.8, 4) is 0 Å². The standard InChI is InChI=1S/C14H20N4O/c1-2-5-12-6-3-4-7-14(12)15-10-13-11-18(8-9-19)17-16-13/h3-4,6-7,11,15,19H,2,5,8-10H2,1H3. The summed E-state index contributed by atoms with van der Waals surface area (Å²) in [5.74, 6) is 0. The molecule has 0 aliphatic heterocycles. The molecule has 0 aliphatic rings. The molecule has 1 heterocycles. The Bertz CT molecular complexity index is 510. The van der Waals surface area contributed by atoms with Gasteiger partial charge in [-0.1, -0.05) is 36.8 Å². The average Bonchev–Trinajstić information content (AvgIpc) is 2.86. The first-order chi connectivity index (χ1) is 9.33. The van der Waals surface area contributed by atoms with Gasteiger partial charge >= 0.3 is 0 Å². The van der Waals surface area contributed by atoms with E-state index < -0.39 is 0 Å². The van der Waals surface area contributed by atoms with Crippen molar-refractivity contribution in [3.63, 3.8) is 0 Å². The number of para-hydroxylation sites is 1. The van der Waals surface area contributed by atoms with Gasteiger partial charge in [0, 0.05) is 5.69 Å². The fourth-order valence-corrected chi connectivity index (χ4v) is 2.00. The Balaban J connectivity index is 1.97. The fourth-order valence-electron chi connectivity index (χ4n) is 2.00. The normalized spacial score (nSPS) is 10.6.